The highest BCUT2D eigenvalue weighted by Gasteiger charge is 2.31. The largest absolute Gasteiger partial charge is 0.341 e. The number of hydrogen-bond acceptors (Lipinski definition) is 4. The molecule has 2 unspecified atom stereocenters. The van der Waals surface area contributed by atoms with Gasteiger partial charge in [-0.05, 0) is 6.42 Å². The predicted octanol–water partition coefficient (Wildman–Crippen LogP) is 1.52. The first-order valence-electron chi connectivity index (χ1n) is 8.69. The molecule has 0 bridgehead atoms. The van der Waals surface area contributed by atoms with Crippen LogP contribution >= 0.6 is 0 Å². The molecule has 7 heteroatoms. The summed E-state index contributed by atoms with van der Waals surface area (Å²) in [5.41, 5.74) is 5.87. The van der Waals surface area contributed by atoms with Gasteiger partial charge in [-0.15, -0.1) is 0 Å². The van der Waals surface area contributed by atoms with Crippen molar-refractivity contribution < 1.29 is 14.4 Å². The number of nitrogens with one attached hydrogen (secondary N) is 3. The molecule has 132 valence electrons. The molecule has 0 aliphatic carbocycles. The van der Waals surface area contributed by atoms with Crippen LogP contribution in [0.3, 0.4) is 0 Å². The van der Waals surface area contributed by atoms with Crippen LogP contribution < -0.4 is 21.7 Å². The van der Waals surface area contributed by atoms with Crippen LogP contribution in [0.25, 0.3) is 0 Å². The van der Waals surface area contributed by atoms with Crippen LogP contribution in [-0.4, -0.2) is 30.1 Å². The quantitative estimate of drug-likeness (QED) is 0.247. The fraction of sp³-hybridized carbons (Fsp3) is 0.812. The van der Waals surface area contributed by atoms with Gasteiger partial charge in [-0.2, -0.15) is 0 Å². The van der Waals surface area contributed by atoms with Gasteiger partial charge in [0.05, 0.1) is 12.6 Å². The van der Waals surface area contributed by atoms with Crippen LogP contribution in [0.15, 0.2) is 0 Å². The van der Waals surface area contributed by atoms with E-state index >= 15 is 0 Å². The standard InChI is InChI=1S/C16H30N4O3/c1-2-3-4-5-6-7-8-9-10-13(17)19-14(21)11-12-15(22)20-16(23)18-12/h12-13H,2-11,17H2,1H3,(H,19,21)(H2,18,20,22,23). The van der Waals surface area contributed by atoms with Crippen molar-refractivity contribution in [3.8, 4) is 0 Å². The SMILES string of the molecule is CCCCCCCCCCC(N)NC(=O)CC1NC(=O)NC1=O. The summed E-state index contributed by atoms with van der Waals surface area (Å²) in [4.78, 5) is 34.1. The van der Waals surface area contributed by atoms with Crippen LogP contribution in [0, 0.1) is 0 Å². The van der Waals surface area contributed by atoms with E-state index in [2.05, 4.69) is 22.9 Å². The number of imide groups is 1. The van der Waals surface area contributed by atoms with Crippen LogP contribution in [0.1, 0.15) is 71.1 Å². The summed E-state index contributed by atoms with van der Waals surface area (Å²) < 4.78 is 0. The zero-order chi connectivity index (χ0) is 17.1. The Morgan fingerprint density at radius 3 is 2.30 bits per heavy atom. The Hall–Kier alpha value is -1.63. The minimum Gasteiger partial charge on any atom is -0.341 e. The summed E-state index contributed by atoms with van der Waals surface area (Å²) in [5, 5.41) is 7.15. The lowest BCUT2D eigenvalue weighted by Gasteiger charge is -2.15. The van der Waals surface area contributed by atoms with Gasteiger partial charge in [0.15, 0.2) is 0 Å². The number of hydrogen-bond donors (Lipinski definition) is 4. The summed E-state index contributed by atoms with van der Waals surface area (Å²) in [6, 6.07) is -1.35. The van der Waals surface area contributed by atoms with E-state index in [4.69, 9.17) is 5.73 Å². The Balaban J connectivity index is 2.02. The van der Waals surface area contributed by atoms with Gasteiger partial charge in [0.2, 0.25) is 5.91 Å². The molecule has 0 spiro atoms. The molecule has 1 aliphatic heterocycles. The van der Waals surface area contributed by atoms with Crippen LogP contribution in [0.2, 0.25) is 0 Å². The van der Waals surface area contributed by atoms with E-state index in [1.54, 1.807) is 0 Å². The van der Waals surface area contributed by atoms with Gasteiger partial charge < -0.3 is 16.4 Å². The number of unbranched alkanes of at least 4 members (excludes halogenated alkanes) is 7. The topological polar surface area (TPSA) is 113 Å². The second-order valence-corrected chi connectivity index (χ2v) is 6.16. The zero-order valence-corrected chi connectivity index (χ0v) is 14.0. The Kier molecular flexibility index (Phi) is 9.28. The molecule has 1 fully saturated rings. The molecule has 1 heterocycles. The Morgan fingerprint density at radius 1 is 1.13 bits per heavy atom. The molecule has 0 aromatic heterocycles. The maximum Gasteiger partial charge on any atom is 0.322 e. The summed E-state index contributed by atoms with van der Waals surface area (Å²) >= 11 is 0. The number of urea groups is 1. The van der Waals surface area contributed by atoms with Gasteiger partial charge >= 0.3 is 6.03 Å². The molecule has 0 saturated carbocycles. The first-order valence-corrected chi connectivity index (χ1v) is 8.69. The minimum atomic E-state index is -0.794. The predicted molar refractivity (Wildman–Crippen MR) is 88.4 cm³/mol. The molecule has 2 atom stereocenters. The van der Waals surface area contributed by atoms with Crippen molar-refractivity contribution in [2.75, 3.05) is 0 Å². The van der Waals surface area contributed by atoms with E-state index in [9.17, 15) is 14.4 Å². The molecular formula is C16H30N4O3. The van der Waals surface area contributed by atoms with E-state index in [0.717, 1.165) is 19.3 Å². The van der Waals surface area contributed by atoms with E-state index in [1.165, 1.54) is 38.5 Å². The maximum absolute atomic E-state index is 11.8. The van der Waals surface area contributed by atoms with Crippen molar-refractivity contribution in [3.63, 3.8) is 0 Å². The Morgan fingerprint density at radius 2 is 1.74 bits per heavy atom. The molecule has 23 heavy (non-hydrogen) atoms. The monoisotopic (exact) mass is 326 g/mol. The van der Waals surface area contributed by atoms with Crippen molar-refractivity contribution in [2.24, 2.45) is 5.73 Å². The molecule has 0 aromatic rings. The Bertz CT molecular complexity index is 401. The molecular weight excluding hydrogens is 296 g/mol. The van der Waals surface area contributed by atoms with Crippen LogP contribution in [-0.2, 0) is 9.59 Å². The number of rotatable bonds is 12. The lowest BCUT2D eigenvalue weighted by molar-refractivity contribution is -0.126. The van der Waals surface area contributed by atoms with E-state index in [-0.39, 0.29) is 12.3 Å². The maximum atomic E-state index is 11.8. The third-order valence-electron chi connectivity index (χ3n) is 3.96. The van der Waals surface area contributed by atoms with Crippen molar-refractivity contribution >= 4 is 17.8 Å². The highest BCUT2D eigenvalue weighted by molar-refractivity contribution is 6.05. The first kappa shape index (κ1) is 19.4. The molecule has 0 radical (unpaired) electrons. The normalized spacial score (nSPS) is 18.4. The highest BCUT2D eigenvalue weighted by atomic mass is 16.2. The molecule has 7 nitrogen and oxygen atoms in total. The lowest BCUT2D eigenvalue weighted by atomic mass is 10.1. The summed E-state index contributed by atoms with van der Waals surface area (Å²) in [7, 11) is 0. The fourth-order valence-electron chi connectivity index (χ4n) is 2.62. The first-order chi connectivity index (χ1) is 11.0. The lowest BCUT2D eigenvalue weighted by Crippen LogP contribution is -2.44. The second kappa shape index (κ2) is 11.0. The van der Waals surface area contributed by atoms with E-state index in [1.807, 2.05) is 0 Å². The molecule has 1 saturated heterocycles. The van der Waals surface area contributed by atoms with Crippen molar-refractivity contribution in [1.29, 1.82) is 0 Å². The number of carbonyl (C=O) groups excluding carboxylic acids is 3. The van der Waals surface area contributed by atoms with Crippen molar-refractivity contribution in [3.05, 3.63) is 0 Å². The molecule has 5 N–H and O–H groups in total. The van der Waals surface area contributed by atoms with Gasteiger partial charge in [-0.3, -0.25) is 14.9 Å². The van der Waals surface area contributed by atoms with E-state index in [0.29, 0.717) is 0 Å². The Labute approximate surface area is 138 Å². The second-order valence-electron chi connectivity index (χ2n) is 6.16. The van der Waals surface area contributed by atoms with Gasteiger partial charge in [0, 0.05) is 0 Å². The van der Waals surface area contributed by atoms with Crippen LogP contribution in [0.4, 0.5) is 4.79 Å². The smallest absolute Gasteiger partial charge is 0.322 e. The zero-order valence-electron chi connectivity index (χ0n) is 14.0. The molecule has 0 aromatic carbocycles. The van der Waals surface area contributed by atoms with Gasteiger partial charge in [-0.25, -0.2) is 4.79 Å². The minimum absolute atomic E-state index is 0.0807. The number of amides is 4. The average molecular weight is 326 g/mol. The van der Waals surface area contributed by atoms with Crippen LogP contribution in [0.5, 0.6) is 0 Å². The summed E-state index contributed by atoms with van der Waals surface area (Å²) in [6.45, 7) is 2.21. The number of nitrogens with two attached hydrogens (primary N) is 1. The third-order valence-corrected chi connectivity index (χ3v) is 3.96. The van der Waals surface area contributed by atoms with Crippen molar-refractivity contribution in [2.45, 2.75) is 83.3 Å². The van der Waals surface area contributed by atoms with Gasteiger partial charge in [0.1, 0.15) is 6.04 Å². The average Bonchev–Trinajstić information content (AvgIpc) is 2.79. The molecule has 1 rings (SSSR count). The highest BCUT2D eigenvalue weighted by Crippen LogP contribution is 2.10. The van der Waals surface area contributed by atoms with E-state index < -0.39 is 24.1 Å². The molecule has 4 amide bonds. The fourth-order valence-corrected chi connectivity index (χ4v) is 2.62. The summed E-state index contributed by atoms with van der Waals surface area (Å²) in [5.74, 6) is -0.791. The van der Waals surface area contributed by atoms with Gasteiger partial charge in [-0.1, -0.05) is 58.3 Å². The third kappa shape index (κ3) is 8.54. The van der Waals surface area contributed by atoms with Gasteiger partial charge in [0.25, 0.3) is 5.91 Å². The number of carbonyl (C=O) groups is 3. The summed E-state index contributed by atoms with van der Waals surface area (Å²) in [6.07, 6.45) is 10.0. The molecule has 1 aliphatic rings. The van der Waals surface area contributed by atoms with Crippen molar-refractivity contribution in [1.82, 2.24) is 16.0 Å².